The van der Waals surface area contributed by atoms with E-state index in [1.165, 1.54) is 18.5 Å². The lowest BCUT2D eigenvalue weighted by Gasteiger charge is -2.03. The Balaban J connectivity index is 2.48. The highest BCUT2D eigenvalue weighted by atomic mass is 35.5. The number of nitrogens with one attached hydrogen (secondary N) is 1. The van der Waals surface area contributed by atoms with Crippen LogP contribution >= 0.6 is 23.2 Å². The second kappa shape index (κ2) is 5.25. The van der Waals surface area contributed by atoms with Crippen molar-refractivity contribution in [2.45, 2.75) is 0 Å². The van der Waals surface area contributed by atoms with E-state index < -0.39 is 5.24 Å². The standard InChI is InChI=1S/C12H7Cl2N3O/c13-11(15)7-1-3-16-9(5-7)10-6-8(12(14)18)2-4-17-10/h1-6,15H. The maximum Gasteiger partial charge on any atom is 0.252 e. The second-order valence-electron chi connectivity index (χ2n) is 3.45. The lowest BCUT2D eigenvalue weighted by molar-refractivity contribution is 0.108. The van der Waals surface area contributed by atoms with E-state index in [0.29, 0.717) is 22.5 Å². The Morgan fingerprint density at radius 1 is 1.00 bits per heavy atom. The fourth-order valence-corrected chi connectivity index (χ4v) is 1.64. The molecule has 0 aliphatic rings. The van der Waals surface area contributed by atoms with Gasteiger partial charge in [-0.3, -0.25) is 20.2 Å². The third-order valence-electron chi connectivity index (χ3n) is 2.26. The predicted octanol–water partition coefficient (Wildman–Crippen LogP) is 3.09. The predicted molar refractivity (Wildman–Crippen MR) is 70.3 cm³/mol. The normalized spacial score (nSPS) is 10.1. The summed E-state index contributed by atoms with van der Waals surface area (Å²) in [4.78, 5) is 19.3. The largest absolute Gasteiger partial charge is 0.289 e. The quantitative estimate of drug-likeness (QED) is 0.694. The van der Waals surface area contributed by atoms with Crippen LogP contribution in [0.25, 0.3) is 11.4 Å². The molecule has 4 nitrogen and oxygen atoms in total. The van der Waals surface area contributed by atoms with Crippen molar-refractivity contribution >= 4 is 33.6 Å². The maximum atomic E-state index is 11.1. The first kappa shape index (κ1) is 12.7. The zero-order valence-corrected chi connectivity index (χ0v) is 10.5. The first-order chi connectivity index (χ1) is 8.58. The highest BCUT2D eigenvalue weighted by Gasteiger charge is 2.08. The van der Waals surface area contributed by atoms with E-state index in [9.17, 15) is 4.79 Å². The molecule has 0 saturated heterocycles. The van der Waals surface area contributed by atoms with Gasteiger partial charge in [0.1, 0.15) is 5.17 Å². The molecule has 0 spiro atoms. The van der Waals surface area contributed by atoms with E-state index in [4.69, 9.17) is 28.6 Å². The van der Waals surface area contributed by atoms with Crippen molar-refractivity contribution in [1.29, 1.82) is 5.41 Å². The monoisotopic (exact) mass is 279 g/mol. The molecule has 18 heavy (non-hydrogen) atoms. The van der Waals surface area contributed by atoms with Gasteiger partial charge in [-0.15, -0.1) is 0 Å². The van der Waals surface area contributed by atoms with Crippen LogP contribution in [0.5, 0.6) is 0 Å². The minimum absolute atomic E-state index is 0.0803. The van der Waals surface area contributed by atoms with E-state index in [0.717, 1.165) is 0 Å². The molecule has 0 radical (unpaired) electrons. The van der Waals surface area contributed by atoms with Crippen LogP contribution in [0.4, 0.5) is 0 Å². The van der Waals surface area contributed by atoms with Gasteiger partial charge in [-0.05, 0) is 35.9 Å². The third-order valence-corrected chi connectivity index (χ3v) is 2.70. The van der Waals surface area contributed by atoms with Crippen molar-refractivity contribution in [1.82, 2.24) is 9.97 Å². The van der Waals surface area contributed by atoms with Crippen LogP contribution in [0.2, 0.25) is 0 Å². The molecular formula is C12H7Cl2N3O. The highest BCUT2D eigenvalue weighted by Crippen LogP contribution is 2.18. The number of halogens is 2. The average molecular weight is 280 g/mol. The molecule has 0 aliphatic carbocycles. The number of rotatable bonds is 3. The van der Waals surface area contributed by atoms with Crippen LogP contribution < -0.4 is 0 Å². The smallest absolute Gasteiger partial charge is 0.252 e. The number of hydrogen-bond donors (Lipinski definition) is 1. The molecule has 90 valence electrons. The van der Waals surface area contributed by atoms with Gasteiger partial charge < -0.3 is 0 Å². The summed E-state index contributed by atoms with van der Waals surface area (Å²) in [7, 11) is 0. The van der Waals surface area contributed by atoms with Crippen LogP contribution in [0, 0.1) is 5.41 Å². The van der Waals surface area contributed by atoms with Gasteiger partial charge in [-0.1, -0.05) is 11.6 Å². The van der Waals surface area contributed by atoms with Gasteiger partial charge in [0, 0.05) is 23.5 Å². The van der Waals surface area contributed by atoms with Gasteiger partial charge in [0.05, 0.1) is 11.4 Å². The average Bonchev–Trinajstić information content (AvgIpc) is 2.39. The summed E-state index contributed by atoms with van der Waals surface area (Å²) in [5.41, 5.74) is 1.90. The summed E-state index contributed by atoms with van der Waals surface area (Å²) in [6.07, 6.45) is 3.00. The summed E-state index contributed by atoms with van der Waals surface area (Å²) >= 11 is 11.0. The van der Waals surface area contributed by atoms with E-state index in [1.807, 2.05) is 0 Å². The number of hydrogen-bond acceptors (Lipinski definition) is 4. The Kier molecular flexibility index (Phi) is 3.69. The Labute approximate surface area is 113 Å². The third kappa shape index (κ3) is 2.72. The molecule has 2 rings (SSSR count). The molecule has 2 aromatic rings. The molecule has 2 aromatic heterocycles. The Hall–Kier alpha value is -1.78. The minimum Gasteiger partial charge on any atom is -0.289 e. The van der Waals surface area contributed by atoms with E-state index in [1.54, 1.807) is 18.2 Å². The van der Waals surface area contributed by atoms with Gasteiger partial charge in [0.25, 0.3) is 5.24 Å². The van der Waals surface area contributed by atoms with Crippen LogP contribution in [0.15, 0.2) is 36.7 Å². The topological polar surface area (TPSA) is 66.7 Å². The van der Waals surface area contributed by atoms with Crippen molar-refractivity contribution < 1.29 is 4.79 Å². The number of carbonyl (C=O) groups excluding carboxylic acids is 1. The SMILES string of the molecule is N=C(Cl)c1ccnc(-c2cc(C(=O)Cl)ccn2)c1. The summed E-state index contributed by atoms with van der Waals surface area (Å²) in [5, 5.41) is 6.71. The molecule has 0 saturated carbocycles. The van der Waals surface area contributed by atoms with Crippen molar-refractivity contribution in [2.75, 3.05) is 0 Å². The van der Waals surface area contributed by atoms with E-state index in [-0.39, 0.29) is 5.17 Å². The number of aromatic nitrogens is 2. The first-order valence-corrected chi connectivity index (χ1v) is 5.70. The summed E-state index contributed by atoms with van der Waals surface area (Å²) in [5.74, 6) is 0. The molecule has 2 heterocycles. The summed E-state index contributed by atoms with van der Waals surface area (Å²) in [6, 6.07) is 6.31. The Morgan fingerprint density at radius 2 is 1.50 bits per heavy atom. The van der Waals surface area contributed by atoms with Gasteiger partial charge in [-0.25, -0.2) is 0 Å². The van der Waals surface area contributed by atoms with Crippen molar-refractivity contribution in [3.05, 3.63) is 47.8 Å². The van der Waals surface area contributed by atoms with Gasteiger partial charge in [-0.2, -0.15) is 0 Å². The molecule has 1 N–H and O–H groups in total. The lowest BCUT2D eigenvalue weighted by Crippen LogP contribution is -1.95. The maximum absolute atomic E-state index is 11.1. The molecule has 0 aliphatic heterocycles. The van der Waals surface area contributed by atoms with Crippen molar-refractivity contribution in [3.8, 4) is 11.4 Å². The van der Waals surface area contributed by atoms with Gasteiger partial charge >= 0.3 is 0 Å². The zero-order chi connectivity index (χ0) is 13.1. The Morgan fingerprint density at radius 3 is 2.00 bits per heavy atom. The van der Waals surface area contributed by atoms with E-state index >= 15 is 0 Å². The lowest BCUT2D eigenvalue weighted by atomic mass is 10.1. The Bertz CT molecular complexity index is 573. The summed E-state index contributed by atoms with van der Waals surface area (Å²) in [6.45, 7) is 0. The number of carbonyl (C=O) groups is 1. The molecule has 0 bridgehead atoms. The van der Waals surface area contributed by atoms with Crippen LogP contribution in [0.3, 0.4) is 0 Å². The zero-order valence-electron chi connectivity index (χ0n) is 9.02. The number of nitrogens with zero attached hydrogens (tertiary/aromatic N) is 2. The van der Waals surface area contributed by atoms with Crippen LogP contribution in [-0.4, -0.2) is 20.4 Å². The number of pyridine rings is 2. The molecule has 0 amide bonds. The molecular weight excluding hydrogens is 273 g/mol. The first-order valence-electron chi connectivity index (χ1n) is 4.94. The van der Waals surface area contributed by atoms with E-state index in [2.05, 4.69) is 9.97 Å². The van der Waals surface area contributed by atoms with Crippen LogP contribution in [0.1, 0.15) is 15.9 Å². The molecule has 0 fully saturated rings. The molecule has 0 unspecified atom stereocenters. The summed E-state index contributed by atoms with van der Waals surface area (Å²) < 4.78 is 0. The van der Waals surface area contributed by atoms with Crippen molar-refractivity contribution in [3.63, 3.8) is 0 Å². The van der Waals surface area contributed by atoms with Crippen LogP contribution in [-0.2, 0) is 0 Å². The fourth-order valence-electron chi connectivity index (χ4n) is 1.40. The van der Waals surface area contributed by atoms with Gasteiger partial charge in [0.15, 0.2) is 0 Å². The molecule has 0 aromatic carbocycles. The second-order valence-corrected chi connectivity index (χ2v) is 4.17. The highest BCUT2D eigenvalue weighted by molar-refractivity contribution is 6.68. The fraction of sp³-hybridized carbons (Fsp3) is 0. The van der Waals surface area contributed by atoms with Gasteiger partial charge in [0.2, 0.25) is 0 Å². The minimum atomic E-state index is -0.556. The van der Waals surface area contributed by atoms with Crippen molar-refractivity contribution in [2.24, 2.45) is 0 Å². The molecule has 0 atom stereocenters. The molecule has 6 heteroatoms.